The normalized spacial score (nSPS) is 15.6. The second-order valence-corrected chi connectivity index (χ2v) is 8.26. The summed E-state index contributed by atoms with van der Waals surface area (Å²) in [6.45, 7) is 0.939. The molecule has 1 saturated heterocycles. The highest BCUT2D eigenvalue weighted by Crippen LogP contribution is 2.25. The molecule has 0 aliphatic carbocycles. The Morgan fingerprint density at radius 2 is 1.88 bits per heavy atom. The van der Waals surface area contributed by atoms with Gasteiger partial charge in [0.15, 0.2) is 0 Å². The van der Waals surface area contributed by atoms with E-state index in [1.54, 1.807) is 34.0 Å². The molecule has 0 saturated carbocycles. The van der Waals surface area contributed by atoms with E-state index in [4.69, 9.17) is 9.52 Å². The number of rotatable bonds is 7. The van der Waals surface area contributed by atoms with Gasteiger partial charge in [-0.1, -0.05) is 18.2 Å². The molecule has 34 heavy (non-hydrogen) atoms. The van der Waals surface area contributed by atoms with Crippen molar-refractivity contribution < 1.29 is 18.4 Å². The first-order chi connectivity index (χ1) is 16.6. The summed E-state index contributed by atoms with van der Waals surface area (Å²) in [7, 11) is 0. The van der Waals surface area contributed by atoms with Crippen molar-refractivity contribution in [3.63, 3.8) is 0 Å². The van der Waals surface area contributed by atoms with Crippen LogP contribution in [0.4, 0.5) is 4.39 Å². The summed E-state index contributed by atoms with van der Waals surface area (Å²) in [5, 5.41) is 7.65. The summed E-state index contributed by atoms with van der Waals surface area (Å²) in [4.78, 5) is 26.9. The van der Waals surface area contributed by atoms with E-state index >= 15 is 0 Å². The standard InChI is InChI=1S/C26H23FN4O3/c27-21-10-8-18(9-11-21)25-20(16-31(29-25)22-5-2-1-3-6-22)14-28-26(33)19-13-24(32)30(15-19)17-23-7-4-12-34-23/h1-12,16,19H,13-15,17H2,(H,28,33). The van der Waals surface area contributed by atoms with E-state index in [-0.39, 0.29) is 30.6 Å². The number of benzene rings is 2. The second-order valence-electron chi connectivity index (χ2n) is 8.26. The highest BCUT2D eigenvalue weighted by molar-refractivity contribution is 5.89. The van der Waals surface area contributed by atoms with Crippen LogP contribution in [0.25, 0.3) is 16.9 Å². The molecule has 172 valence electrons. The number of hydrogen-bond donors (Lipinski definition) is 1. The van der Waals surface area contributed by atoms with E-state index in [0.29, 0.717) is 24.5 Å². The Labute approximate surface area is 195 Å². The van der Waals surface area contributed by atoms with Crippen molar-refractivity contribution in [1.29, 1.82) is 0 Å². The van der Waals surface area contributed by atoms with Crippen molar-refractivity contribution in [3.05, 3.63) is 96.3 Å². The Hall–Kier alpha value is -4.20. The van der Waals surface area contributed by atoms with Gasteiger partial charge in [-0.15, -0.1) is 0 Å². The third kappa shape index (κ3) is 4.61. The van der Waals surface area contributed by atoms with Crippen LogP contribution in [0, 0.1) is 11.7 Å². The Bertz CT molecular complexity index is 1280. The molecule has 5 rings (SSSR count). The van der Waals surface area contributed by atoms with E-state index in [1.807, 2.05) is 42.6 Å². The number of aromatic nitrogens is 2. The Morgan fingerprint density at radius 3 is 2.62 bits per heavy atom. The van der Waals surface area contributed by atoms with Crippen molar-refractivity contribution >= 4 is 11.8 Å². The lowest BCUT2D eigenvalue weighted by Gasteiger charge is -2.15. The molecule has 7 nitrogen and oxygen atoms in total. The molecule has 0 bridgehead atoms. The van der Waals surface area contributed by atoms with Gasteiger partial charge >= 0.3 is 0 Å². The van der Waals surface area contributed by atoms with Gasteiger partial charge in [-0.25, -0.2) is 9.07 Å². The van der Waals surface area contributed by atoms with Crippen molar-refractivity contribution in [1.82, 2.24) is 20.0 Å². The number of amides is 2. The van der Waals surface area contributed by atoms with Crippen LogP contribution < -0.4 is 5.32 Å². The van der Waals surface area contributed by atoms with Gasteiger partial charge in [0, 0.05) is 36.8 Å². The molecule has 1 aliphatic heterocycles. The third-order valence-corrected chi connectivity index (χ3v) is 5.89. The number of carbonyl (C=O) groups is 2. The molecule has 1 unspecified atom stereocenters. The fraction of sp³-hybridized carbons (Fsp3) is 0.192. The molecule has 4 aromatic rings. The summed E-state index contributed by atoms with van der Waals surface area (Å²) in [6, 6.07) is 19.3. The van der Waals surface area contributed by atoms with Crippen LogP contribution in [-0.2, 0) is 22.7 Å². The molecule has 2 aromatic carbocycles. The zero-order chi connectivity index (χ0) is 23.5. The van der Waals surface area contributed by atoms with Gasteiger partial charge in [0.05, 0.1) is 30.1 Å². The quantitative estimate of drug-likeness (QED) is 0.455. The van der Waals surface area contributed by atoms with Gasteiger partial charge in [-0.2, -0.15) is 5.10 Å². The molecule has 8 heteroatoms. The fourth-order valence-electron chi connectivity index (χ4n) is 4.12. The fourth-order valence-corrected chi connectivity index (χ4v) is 4.12. The molecule has 1 aliphatic rings. The number of nitrogens with zero attached hydrogens (tertiary/aromatic N) is 3. The minimum Gasteiger partial charge on any atom is -0.467 e. The summed E-state index contributed by atoms with van der Waals surface area (Å²) in [5.41, 5.74) is 3.08. The minimum atomic E-state index is -0.430. The lowest BCUT2D eigenvalue weighted by atomic mass is 10.1. The van der Waals surface area contributed by atoms with Crippen molar-refractivity contribution in [2.45, 2.75) is 19.5 Å². The maximum Gasteiger partial charge on any atom is 0.225 e. The van der Waals surface area contributed by atoms with Gasteiger partial charge in [-0.05, 0) is 48.5 Å². The topological polar surface area (TPSA) is 80.4 Å². The van der Waals surface area contributed by atoms with Crippen molar-refractivity contribution in [2.75, 3.05) is 6.54 Å². The van der Waals surface area contributed by atoms with Gasteiger partial charge in [-0.3, -0.25) is 9.59 Å². The van der Waals surface area contributed by atoms with E-state index < -0.39 is 5.92 Å². The number of halogens is 1. The predicted octanol–water partition coefficient (Wildman–Crippen LogP) is 3.94. The zero-order valence-corrected chi connectivity index (χ0v) is 18.4. The molecule has 1 N–H and O–H groups in total. The van der Waals surface area contributed by atoms with Crippen molar-refractivity contribution in [3.8, 4) is 16.9 Å². The van der Waals surface area contributed by atoms with E-state index in [9.17, 15) is 14.0 Å². The predicted molar refractivity (Wildman–Crippen MR) is 123 cm³/mol. The molecule has 2 amide bonds. The van der Waals surface area contributed by atoms with Crippen LogP contribution in [0.15, 0.2) is 83.6 Å². The minimum absolute atomic E-state index is 0.0690. The monoisotopic (exact) mass is 458 g/mol. The summed E-state index contributed by atoms with van der Waals surface area (Å²) in [5.74, 6) is -0.327. The Kier molecular flexibility index (Phi) is 5.95. The highest BCUT2D eigenvalue weighted by atomic mass is 19.1. The largest absolute Gasteiger partial charge is 0.467 e. The van der Waals surface area contributed by atoms with Gasteiger partial charge < -0.3 is 14.6 Å². The second kappa shape index (κ2) is 9.35. The summed E-state index contributed by atoms with van der Waals surface area (Å²) in [6.07, 6.45) is 3.59. The van der Waals surface area contributed by atoms with Crippen LogP contribution in [0.3, 0.4) is 0 Å². The first-order valence-corrected chi connectivity index (χ1v) is 11.0. The molecule has 3 heterocycles. The molecular weight excluding hydrogens is 435 g/mol. The molecule has 0 radical (unpaired) electrons. The van der Waals surface area contributed by atoms with E-state index in [1.165, 1.54) is 12.1 Å². The van der Waals surface area contributed by atoms with E-state index in [2.05, 4.69) is 5.32 Å². The van der Waals surface area contributed by atoms with Crippen LogP contribution in [0.1, 0.15) is 17.7 Å². The summed E-state index contributed by atoms with van der Waals surface area (Å²) < 4.78 is 20.5. The van der Waals surface area contributed by atoms with Crippen LogP contribution in [0.2, 0.25) is 0 Å². The molecule has 1 fully saturated rings. The van der Waals surface area contributed by atoms with Gasteiger partial charge in [0.25, 0.3) is 0 Å². The smallest absolute Gasteiger partial charge is 0.225 e. The molecular formula is C26H23FN4O3. The lowest BCUT2D eigenvalue weighted by molar-refractivity contribution is -0.129. The summed E-state index contributed by atoms with van der Waals surface area (Å²) >= 11 is 0. The van der Waals surface area contributed by atoms with Gasteiger partial charge in [0.1, 0.15) is 11.6 Å². The Balaban J connectivity index is 1.31. The number of hydrogen-bond acceptors (Lipinski definition) is 4. The SMILES string of the molecule is O=C(NCc1cn(-c2ccccc2)nc1-c1ccc(F)cc1)C1CC(=O)N(Cc2ccco2)C1. The number of nitrogens with one attached hydrogen (secondary N) is 1. The van der Waals surface area contributed by atoms with Crippen LogP contribution in [0.5, 0.6) is 0 Å². The number of carbonyl (C=O) groups excluding carboxylic acids is 2. The van der Waals surface area contributed by atoms with E-state index in [0.717, 1.165) is 16.8 Å². The van der Waals surface area contributed by atoms with Gasteiger partial charge in [0.2, 0.25) is 11.8 Å². The number of para-hydroxylation sites is 1. The van der Waals surface area contributed by atoms with Crippen LogP contribution >= 0.6 is 0 Å². The van der Waals surface area contributed by atoms with Crippen LogP contribution in [-0.4, -0.2) is 33.0 Å². The molecule has 2 aromatic heterocycles. The molecule has 0 spiro atoms. The number of likely N-dealkylation sites (tertiary alicyclic amines) is 1. The average Bonchev–Trinajstić information content (AvgIpc) is 3.60. The maximum atomic E-state index is 13.5. The lowest BCUT2D eigenvalue weighted by Crippen LogP contribution is -2.32. The van der Waals surface area contributed by atoms with Crippen molar-refractivity contribution in [2.24, 2.45) is 5.92 Å². The average molecular weight is 458 g/mol. The number of furan rings is 1. The third-order valence-electron chi connectivity index (χ3n) is 5.89. The molecule has 1 atom stereocenters. The Morgan fingerprint density at radius 1 is 1.09 bits per heavy atom. The first kappa shape index (κ1) is 21.6. The first-order valence-electron chi connectivity index (χ1n) is 11.0. The maximum absolute atomic E-state index is 13.5. The highest BCUT2D eigenvalue weighted by Gasteiger charge is 2.34. The zero-order valence-electron chi connectivity index (χ0n) is 18.4.